The third kappa shape index (κ3) is 1.94. The Morgan fingerprint density at radius 2 is 1.80 bits per heavy atom. The Labute approximate surface area is 90.7 Å². The summed E-state index contributed by atoms with van der Waals surface area (Å²) >= 11 is 0. The average molecular weight is 202 g/mol. The number of rotatable bonds is 2. The molecule has 2 nitrogen and oxygen atoms in total. The van der Waals surface area contributed by atoms with Gasteiger partial charge in [-0.25, -0.2) is 0 Å². The molecule has 3 heteroatoms. The van der Waals surface area contributed by atoms with Gasteiger partial charge in [0.25, 0.3) is 0 Å². The summed E-state index contributed by atoms with van der Waals surface area (Å²) in [6, 6.07) is 10.7. The molecule has 2 fully saturated rings. The molecular formula is C12H15BO2. The molecule has 0 N–H and O–H groups in total. The van der Waals surface area contributed by atoms with Gasteiger partial charge in [-0.05, 0) is 24.3 Å². The number of hydrogen-bond acceptors (Lipinski definition) is 2. The molecule has 78 valence electrons. The van der Waals surface area contributed by atoms with Crippen LogP contribution in [-0.4, -0.2) is 20.3 Å². The van der Waals surface area contributed by atoms with E-state index in [9.17, 15) is 0 Å². The molecule has 0 unspecified atom stereocenters. The minimum absolute atomic E-state index is 0.0592. The van der Waals surface area contributed by atoms with Gasteiger partial charge < -0.3 is 9.31 Å². The molecule has 2 aliphatic rings. The van der Waals surface area contributed by atoms with Crippen LogP contribution in [0.2, 0.25) is 5.82 Å². The molecular weight excluding hydrogens is 187 g/mol. The van der Waals surface area contributed by atoms with E-state index in [1.165, 1.54) is 12.0 Å². The van der Waals surface area contributed by atoms with E-state index < -0.39 is 0 Å². The van der Waals surface area contributed by atoms with E-state index in [0.29, 0.717) is 11.7 Å². The molecule has 0 bridgehead atoms. The van der Waals surface area contributed by atoms with Gasteiger partial charge in [0.1, 0.15) is 0 Å². The Bertz CT molecular complexity index is 322. The summed E-state index contributed by atoms with van der Waals surface area (Å²) in [6.45, 7) is 1.73. The van der Waals surface area contributed by atoms with Crippen molar-refractivity contribution in [2.45, 2.75) is 24.6 Å². The van der Waals surface area contributed by atoms with Crippen molar-refractivity contribution in [3.8, 4) is 0 Å². The lowest BCUT2D eigenvalue weighted by Crippen LogP contribution is -2.30. The quantitative estimate of drug-likeness (QED) is 0.685. The van der Waals surface area contributed by atoms with Crippen LogP contribution in [0.3, 0.4) is 0 Å². The van der Waals surface area contributed by atoms with Crippen LogP contribution in [0.4, 0.5) is 0 Å². The summed E-state index contributed by atoms with van der Waals surface area (Å²) in [5.41, 5.74) is 1.43. The second kappa shape index (κ2) is 3.99. The van der Waals surface area contributed by atoms with Crippen molar-refractivity contribution in [2.75, 3.05) is 13.2 Å². The van der Waals surface area contributed by atoms with Crippen molar-refractivity contribution in [2.24, 2.45) is 0 Å². The Morgan fingerprint density at radius 3 is 2.53 bits per heavy atom. The molecule has 1 aliphatic heterocycles. The van der Waals surface area contributed by atoms with Crippen molar-refractivity contribution < 1.29 is 9.31 Å². The van der Waals surface area contributed by atoms with Crippen LogP contribution in [0.5, 0.6) is 0 Å². The van der Waals surface area contributed by atoms with Gasteiger partial charge in [-0.3, -0.25) is 0 Å². The Hall–Kier alpha value is -0.795. The van der Waals surface area contributed by atoms with Crippen molar-refractivity contribution in [3.05, 3.63) is 35.9 Å². The third-order valence-corrected chi connectivity index (χ3v) is 3.27. The van der Waals surface area contributed by atoms with Crippen LogP contribution in [0.15, 0.2) is 30.3 Å². The molecule has 1 aromatic rings. The zero-order chi connectivity index (χ0) is 10.1. The lowest BCUT2D eigenvalue weighted by atomic mass is 9.78. The van der Waals surface area contributed by atoms with Gasteiger partial charge in [0, 0.05) is 19.0 Å². The molecule has 3 rings (SSSR count). The summed E-state index contributed by atoms with van der Waals surface area (Å²) in [6.07, 6.45) is 2.26. The maximum atomic E-state index is 5.63. The summed E-state index contributed by atoms with van der Waals surface area (Å²) in [5.74, 6) is 1.25. The minimum atomic E-state index is 0.0592. The average Bonchev–Trinajstić information content (AvgIpc) is 3.11. The minimum Gasteiger partial charge on any atom is -0.411 e. The van der Waals surface area contributed by atoms with E-state index in [2.05, 4.69) is 30.3 Å². The van der Waals surface area contributed by atoms with Gasteiger partial charge >= 0.3 is 7.12 Å². The van der Waals surface area contributed by atoms with Crippen LogP contribution < -0.4 is 0 Å². The first kappa shape index (κ1) is 9.43. The molecule has 0 aromatic heterocycles. The zero-order valence-corrected chi connectivity index (χ0v) is 8.76. The van der Waals surface area contributed by atoms with E-state index in [-0.39, 0.29) is 7.12 Å². The summed E-state index contributed by atoms with van der Waals surface area (Å²) in [5, 5.41) is 0. The van der Waals surface area contributed by atoms with Crippen LogP contribution in [0, 0.1) is 0 Å². The number of benzene rings is 1. The normalized spacial score (nSPS) is 30.3. The molecule has 1 saturated carbocycles. The summed E-state index contributed by atoms with van der Waals surface area (Å²) < 4.78 is 11.3. The topological polar surface area (TPSA) is 18.5 Å². The summed E-state index contributed by atoms with van der Waals surface area (Å²) in [7, 11) is 0.0592. The van der Waals surface area contributed by atoms with Gasteiger partial charge in [-0.1, -0.05) is 30.3 Å². The first-order valence-corrected chi connectivity index (χ1v) is 5.73. The van der Waals surface area contributed by atoms with Gasteiger partial charge in [0.2, 0.25) is 0 Å². The third-order valence-electron chi connectivity index (χ3n) is 3.27. The second-order valence-corrected chi connectivity index (χ2v) is 4.38. The highest BCUT2D eigenvalue weighted by atomic mass is 16.6. The van der Waals surface area contributed by atoms with E-state index in [1.807, 2.05) is 0 Å². The molecule has 1 aromatic carbocycles. The van der Waals surface area contributed by atoms with Crippen molar-refractivity contribution in [1.29, 1.82) is 0 Å². The first-order valence-electron chi connectivity index (χ1n) is 5.73. The highest BCUT2D eigenvalue weighted by Gasteiger charge is 2.49. The highest BCUT2D eigenvalue weighted by molar-refractivity contribution is 6.48. The van der Waals surface area contributed by atoms with Gasteiger partial charge in [0.05, 0.1) is 0 Å². The van der Waals surface area contributed by atoms with Crippen molar-refractivity contribution in [3.63, 3.8) is 0 Å². The van der Waals surface area contributed by atoms with Crippen LogP contribution in [-0.2, 0) is 9.31 Å². The smallest absolute Gasteiger partial charge is 0.411 e. The van der Waals surface area contributed by atoms with Crippen LogP contribution in [0.25, 0.3) is 0 Å². The second-order valence-electron chi connectivity index (χ2n) is 4.38. The molecule has 0 radical (unpaired) electrons. The molecule has 1 heterocycles. The lowest BCUT2D eigenvalue weighted by Gasteiger charge is -2.19. The first-order chi connectivity index (χ1) is 7.45. The fraction of sp³-hybridized carbons (Fsp3) is 0.500. The van der Waals surface area contributed by atoms with E-state index in [0.717, 1.165) is 19.6 Å². The Balaban J connectivity index is 1.64. The Kier molecular flexibility index (Phi) is 2.51. The van der Waals surface area contributed by atoms with E-state index >= 15 is 0 Å². The van der Waals surface area contributed by atoms with Crippen molar-refractivity contribution >= 4 is 7.12 Å². The summed E-state index contributed by atoms with van der Waals surface area (Å²) in [4.78, 5) is 0. The fourth-order valence-corrected chi connectivity index (χ4v) is 2.35. The molecule has 1 saturated heterocycles. The molecule has 0 amide bonds. The molecule has 0 spiro atoms. The predicted octanol–water partition coefficient (Wildman–Crippen LogP) is 2.47. The Morgan fingerprint density at radius 1 is 1.07 bits per heavy atom. The van der Waals surface area contributed by atoms with E-state index in [1.54, 1.807) is 0 Å². The maximum Gasteiger partial charge on any atom is 0.460 e. The monoisotopic (exact) mass is 202 g/mol. The number of hydrogen-bond donors (Lipinski definition) is 0. The van der Waals surface area contributed by atoms with Gasteiger partial charge in [-0.2, -0.15) is 0 Å². The molecule has 15 heavy (non-hydrogen) atoms. The highest BCUT2D eigenvalue weighted by Crippen LogP contribution is 2.55. The lowest BCUT2D eigenvalue weighted by molar-refractivity contribution is 0.132. The van der Waals surface area contributed by atoms with E-state index in [4.69, 9.17) is 9.31 Å². The molecule has 2 atom stereocenters. The SMILES string of the molecule is c1ccc([C@H]2C[C@@H]2B2OCCCO2)cc1. The largest absolute Gasteiger partial charge is 0.460 e. The fourth-order valence-electron chi connectivity index (χ4n) is 2.35. The predicted molar refractivity (Wildman–Crippen MR) is 59.8 cm³/mol. The van der Waals surface area contributed by atoms with Gasteiger partial charge in [-0.15, -0.1) is 0 Å². The molecule has 1 aliphatic carbocycles. The van der Waals surface area contributed by atoms with Crippen LogP contribution in [0.1, 0.15) is 24.3 Å². The van der Waals surface area contributed by atoms with Crippen LogP contribution >= 0.6 is 0 Å². The maximum absolute atomic E-state index is 5.63. The van der Waals surface area contributed by atoms with Crippen molar-refractivity contribution in [1.82, 2.24) is 0 Å². The van der Waals surface area contributed by atoms with Gasteiger partial charge in [0.15, 0.2) is 0 Å². The zero-order valence-electron chi connectivity index (χ0n) is 8.76. The standard InChI is InChI=1S/C12H15BO2/c1-2-5-10(6-3-1)11-9-12(11)13-14-7-4-8-15-13/h1-3,5-6,11-12H,4,7-9H2/t11-,12+/m1/s1.